The Morgan fingerprint density at radius 1 is 0.906 bits per heavy atom. The molecule has 1 aromatic carbocycles. The highest BCUT2D eigenvalue weighted by Gasteiger charge is 2.48. The van der Waals surface area contributed by atoms with Crippen molar-refractivity contribution in [3.05, 3.63) is 47.5 Å². The summed E-state index contributed by atoms with van der Waals surface area (Å²) in [6, 6.07) is 9.34. The van der Waals surface area contributed by atoms with Crippen LogP contribution >= 0.6 is 0 Å². The van der Waals surface area contributed by atoms with Crippen LogP contribution < -0.4 is 0 Å². The molecule has 2 bridgehead atoms. The van der Waals surface area contributed by atoms with Crippen molar-refractivity contribution in [2.24, 2.45) is 5.41 Å². The molecule has 1 heterocycles. The van der Waals surface area contributed by atoms with E-state index in [-0.39, 0.29) is 12.4 Å². The molecule has 3 aliphatic carbocycles. The van der Waals surface area contributed by atoms with E-state index in [9.17, 15) is 0 Å². The maximum Gasteiger partial charge on any atom is 0.180 e. The number of unbranched alkanes of at least 4 members (excludes halogenated alkanes) is 2. The summed E-state index contributed by atoms with van der Waals surface area (Å²) in [6.07, 6.45) is 20.2. The zero-order valence-corrected chi connectivity index (χ0v) is 20.5. The summed E-state index contributed by atoms with van der Waals surface area (Å²) >= 11 is 0. The second-order valence-electron chi connectivity index (χ2n) is 10.5. The molecule has 4 aliphatic rings. The Morgan fingerprint density at radius 3 is 2.28 bits per heavy atom. The molecule has 5 rings (SSSR count). The van der Waals surface area contributed by atoms with Crippen molar-refractivity contribution >= 4 is 0 Å². The second-order valence-corrected chi connectivity index (χ2v) is 10.5. The van der Waals surface area contributed by atoms with Crippen LogP contribution in [-0.2, 0) is 19.6 Å². The number of fused-ring (bicyclic) bond motifs is 3. The topological polar surface area (TPSA) is 27.7 Å². The van der Waals surface area contributed by atoms with E-state index >= 15 is 0 Å². The third-order valence-corrected chi connectivity index (χ3v) is 8.46. The minimum Gasteiger partial charge on any atom is -0.366 e. The monoisotopic (exact) mass is 440 g/mol. The normalized spacial score (nSPS) is 32.6. The lowest BCUT2D eigenvalue weighted by atomic mass is 9.51. The molecule has 1 saturated heterocycles. The molecule has 0 amide bonds. The zero-order chi connectivity index (χ0) is 22.3. The molecule has 1 aromatic rings. The number of hydrogen-bond donors (Lipinski definition) is 0. The molecule has 0 aromatic heterocycles. The lowest BCUT2D eigenvalue weighted by molar-refractivity contribution is -0.235. The van der Waals surface area contributed by atoms with Crippen LogP contribution in [-0.4, -0.2) is 26.1 Å². The summed E-state index contributed by atoms with van der Waals surface area (Å²) in [5.74, 6) is 0. The fourth-order valence-corrected chi connectivity index (χ4v) is 6.20. The number of allylic oxidation sites excluding steroid dienone is 1. The third kappa shape index (κ3) is 5.66. The highest BCUT2D eigenvalue weighted by molar-refractivity contribution is 5.32. The van der Waals surface area contributed by atoms with Gasteiger partial charge in [0.15, 0.2) is 6.29 Å². The van der Waals surface area contributed by atoms with E-state index in [1.54, 1.807) is 5.56 Å². The molecule has 4 fully saturated rings. The van der Waals surface area contributed by atoms with Gasteiger partial charge in [-0.15, -0.1) is 0 Å². The van der Waals surface area contributed by atoms with Gasteiger partial charge in [-0.1, -0.05) is 69.5 Å². The molecular weight excluding hydrogens is 396 g/mol. The van der Waals surface area contributed by atoms with Crippen LogP contribution in [0.3, 0.4) is 0 Å². The Morgan fingerprint density at radius 2 is 1.66 bits per heavy atom. The Labute approximate surface area is 195 Å². The van der Waals surface area contributed by atoms with E-state index < -0.39 is 0 Å². The van der Waals surface area contributed by atoms with Crippen molar-refractivity contribution in [1.29, 1.82) is 0 Å². The summed E-state index contributed by atoms with van der Waals surface area (Å²) in [4.78, 5) is 0. The van der Waals surface area contributed by atoms with Crippen LogP contribution in [0.5, 0.6) is 0 Å². The zero-order valence-electron chi connectivity index (χ0n) is 20.5. The molecule has 3 nitrogen and oxygen atoms in total. The first-order chi connectivity index (χ1) is 15.7. The van der Waals surface area contributed by atoms with Crippen molar-refractivity contribution in [2.45, 2.75) is 109 Å². The van der Waals surface area contributed by atoms with E-state index in [1.807, 2.05) is 0 Å². The lowest BCUT2D eigenvalue weighted by Gasteiger charge is -2.54. The van der Waals surface area contributed by atoms with Gasteiger partial charge >= 0.3 is 0 Å². The van der Waals surface area contributed by atoms with Gasteiger partial charge in [-0.25, -0.2) is 0 Å². The summed E-state index contributed by atoms with van der Waals surface area (Å²) in [6.45, 7) is 6.23. The fraction of sp³-hybridized carbons (Fsp3) is 0.724. The minimum absolute atomic E-state index is 0.0188. The molecule has 2 atom stereocenters. The Hall–Kier alpha value is -1.16. The van der Waals surface area contributed by atoms with Crippen molar-refractivity contribution in [2.75, 3.05) is 19.8 Å². The maximum absolute atomic E-state index is 6.09. The molecular formula is C29H44O3. The first kappa shape index (κ1) is 24.0. The van der Waals surface area contributed by atoms with Gasteiger partial charge in [-0.05, 0) is 79.7 Å². The number of ether oxygens (including phenoxy) is 3. The first-order valence-corrected chi connectivity index (χ1v) is 13.3. The molecule has 1 aliphatic heterocycles. The van der Waals surface area contributed by atoms with Crippen molar-refractivity contribution in [3.63, 3.8) is 0 Å². The largest absolute Gasteiger partial charge is 0.366 e. The summed E-state index contributed by atoms with van der Waals surface area (Å²) in [7, 11) is 0. The molecule has 0 spiro atoms. The molecule has 0 radical (unpaired) electrons. The van der Waals surface area contributed by atoms with Crippen LogP contribution in [0, 0.1) is 5.41 Å². The number of benzene rings is 1. The second kappa shape index (κ2) is 11.3. The predicted octanol–water partition coefficient (Wildman–Crippen LogP) is 7.65. The average molecular weight is 441 g/mol. The van der Waals surface area contributed by atoms with Crippen LogP contribution in [0.15, 0.2) is 36.4 Å². The van der Waals surface area contributed by atoms with Gasteiger partial charge in [0.1, 0.15) is 6.10 Å². The Bertz CT molecular complexity index is 690. The predicted molar refractivity (Wildman–Crippen MR) is 131 cm³/mol. The molecule has 3 heteroatoms. The molecule has 0 unspecified atom stereocenters. The molecule has 3 saturated carbocycles. The van der Waals surface area contributed by atoms with Gasteiger partial charge in [0.2, 0.25) is 0 Å². The van der Waals surface area contributed by atoms with Gasteiger partial charge in [-0.2, -0.15) is 0 Å². The Kier molecular flexibility index (Phi) is 8.48. The Balaban J connectivity index is 1.25. The minimum atomic E-state index is -0.235. The smallest absolute Gasteiger partial charge is 0.180 e. The van der Waals surface area contributed by atoms with Gasteiger partial charge in [-0.3, -0.25) is 0 Å². The van der Waals surface area contributed by atoms with Crippen molar-refractivity contribution in [1.82, 2.24) is 0 Å². The van der Waals surface area contributed by atoms with Gasteiger partial charge in [0, 0.05) is 0 Å². The molecule has 0 N–H and O–H groups in total. The fourth-order valence-electron chi connectivity index (χ4n) is 6.20. The van der Waals surface area contributed by atoms with Crippen LogP contribution in [0.25, 0.3) is 0 Å². The van der Waals surface area contributed by atoms with Crippen LogP contribution in [0.2, 0.25) is 0 Å². The highest BCUT2D eigenvalue weighted by Crippen LogP contribution is 2.59. The summed E-state index contributed by atoms with van der Waals surface area (Å²) in [5, 5.41) is 0. The van der Waals surface area contributed by atoms with Gasteiger partial charge < -0.3 is 14.2 Å². The van der Waals surface area contributed by atoms with Crippen LogP contribution in [0.4, 0.5) is 0 Å². The third-order valence-electron chi connectivity index (χ3n) is 8.46. The van der Waals surface area contributed by atoms with Crippen LogP contribution in [0.1, 0.15) is 108 Å². The van der Waals surface area contributed by atoms with Gasteiger partial charge in [0.05, 0.1) is 19.8 Å². The summed E-state index contributed by atoms with van der Waals surface area (Å²) in [5.41, 5.74) is 3.89. The van der Waals surface area contributed by atoms with Crippen molar-refractivity contribution in [3.8, 4) is 0 Å². The first-order valence-electron chi connectivity index (χ1n) is 13.3. The maximum atomic E-state index is 6.09. The highest BCUT2D eigenvalue weighted by atomic mass is 16.7. The van der Waals surface area contributed by atoms with E-state index in [0.29, 0.717) is 30.7 Å². The average Bonchev–Trinajstić information content (AvgIpc) is 2.86. The van der Waals surface area contributed by atoms with E-state index in [2.05, 4.69) is 50.3 Å². The number of rotatable bonds is 11. The standard InChI is InChI=1S/C29H44O3/c1-3-5-7-9-21-30-27-23-31-26(22-32-27)24-10-12-25(13-11-24)29-18-15-28(16-19-29,17-20-29)14-8-6-4-2/h5,7,10-13,26-27H,3-4,6,8-9,14-23H2,1-2H3/b7-5-/t26-,27+,28?,29?/m1/s1. The molecule has 32 heavy (non-hydrogen) atoms. The SMILES string of the molecule is CC/C=C\CCO[C@@H]1CO[C@@H](c2ccc(C34CCC(CCCCC)(CC3)CC4)cc2)CO1. The van der Waals surface area contributed by atoms with E-state index in [1.165, 1.54) is 69.8 Å². The quantitative estimate of drug-likeness (QED) is 0.261. The van der Waals surface area contributed by atoms with E-state index in [4.69, 9.17) is 14.2 Å². The van der Waals surface area contributed by atoms with E-state index in [0.717, 1.165) is 12.8 Å². The van der Waals surface area contributed by atoms with Gasteiger partial charge in [0.25, 0.3) is 0 Å². The lowest BCUT2D eigenvalue weighted by Crippen LogP contribution is -2.44. The summed E-state index contributed by atoms with van der Waals surface area (Å²) < 4.78 is 17.8. The number of hydrogen-bond acceptors (Lipinski definition) is 3. The van der Waals surface area contributed by atoms with Crippen molar-refractivity contribution < 1.29 is 14.2 Å². The molecule has 178 valence electrons.